The molecular formula is C18H33N3O3. The van der Waals surface area contributed by atoms with Gasteiger partial charge in [0.1, 0.15) is 0 Å². The molecule has 2 heterocycles. The largest absolute Gasteiger partial charge is 0.481 e. The maximum atomic E-state index is 12.4. The second-order valence-corrected chi connectivity index (χ2v) is 8.25. The van der Waals surface area contributed by atoms with Gasteiger partial charge >= 0.3 is 12.0 Å². The SMILES string of the molecule is CC1CCN(C(CNC(=O)N2CCC(C)(C(=O)O)C2)C(C)C)CC1. The number of rotatable bonds is 5. The van der Waals surface area contributed by atoms with E-state index in [2.05, 4.69) is 31.0 Å². The summed E-state index contributed by atoms with van der Waals surface area (Å²) in [5.41, 5.74) is -0.808. The van der Waals surface area contributed by atoms with Crippen LogP contribution in [0.25, 0.3) is 0 Å². The molecule has 0 spiro atoms. The number of carbonyl (C=O) groups excluding carboxylic acids is 1. The summed E-state index contributed by atoms with van der Waals surface area (Å²) in [6.07, 6.45) is 2.97. The van der Waals surface area contributed by atoms with E-state index in [4.69, 9.17) is 0 Å². The molecule has 2 atom stereocenters. The Hall–Kier alpha value is -1.30. The Bertz CT molecular complexity index is 460. The van der Waals surface area contributed by atoms with E-state index in [1.165, 1.54) is 12.8 Å². The van der Waals surface area contributed by atoms with Gasteiger partial charge in [0.2, 0.25) is 0 Å². The zero-order chi connectivity index (χ0) is 17.9. The van der Waals surface area contributed by atoms with Crippen molar-refractivity contribution in [3.63, 3.8) is 0 Å². The number of hydrogen-bond acceptors (Lipinski definition) is 3. The standard InChI is InChI=1S/C18H33N3O3/c1-13(2)15(20-8-5-14(3)6-9-20)11-19-17(24)21-10-7-18(4,12-21)16(22)23/h13-15H,5-12H2,1-4H3,(H,19,24)(H,22,23). The summed E-state index contributed by atoms with van der Waals surface area (Å²) in [5.74, 6) is 0.448. The van der Waals surface area contributed by atoms with Crippen LogP contribution in [-0.4, -0.2) is 65.7 Å². The van der Waals surface area contributed by atoms with E-state index in [0.29, 0.717) is 38.0 Å². The summed E-state index contributed by atoms with van der Waals surface area (Å²) < 4.78 is 0. The van der Waals surface area contributed by atoms with E-state index in [-0.39, 0.29) is 6.03 Å². The molecular weight excluding hydrogens is 306 g/mol. The Morgan fingerprint density at radius 2 is 1.88 bits per heavy atom. The number of carboxylic acid groups (broad SMARTS) is 1. The molecule has 2 aliphatic rings. The predicted octanol–water partition coefficient (Wildman–Crippen LogP) is 2.25. The van der Waals surface area contributed by atoms with Crippen molar-refractivity contribution in [3.05, 3.63) is 0 Å². The molecule has 2 rings (SSSR count). The average Bonchev–Trinajstić information content (AvgIpc) is 2.93. The molecule has 0 bridgehead atoms. The summed E-state index contributed by atoms with van der Waals surface area (Å²) in [6.45, 7) is 12.1. The van der Waals surface area contributed by atoms with Crippen molar-refractivity contribution in [2.24, 2.45) is 17.3 Å². The Morgan fingerprint density at radius 3 is 2.38 bits per heavy atom. The van der Waals surface area contributed by atoms with Crippen LogP contribution in [0, 0.1) is 17.3 Å². The van der Waals surface area contributed by atoms with Crippen molar-refractivity contribution < 1.29 is 14.7 Å². The van der Waals surface area contributed by atoms with Gasteiger partial charge in [0.05, 0.1) is 5.41 Å². The molecule has 2 unspecified atom stereocenters. The van der Waals surface area contributed by atoms with Crippen LogP contribution in [0.5, 0.6) is 0 Å². The van der Waals surface area contributed by atoms with Gasteiger partial charge < -0.3 is 15.3 Å². The second-order valence-electron chi connectivity index (χ2n) is 8.25. The van der Waals surface area contributed by atoms with Crippen molar-refractivity contribution in [1.29, 1.82) is 0 Å². The Morgan fingerprint density at radius 1 is 1.25 bits per heavy atom. The first-order valence-corrected chi connectivity index (χ1v) is 9.23. The lowest BCUT2D eigenvalue weighted by molar-refractivity contribution is -0.147. The minimum Gasteiger partial charge on any atom is -0.481 e. The zero-order valence-electron chi connectivity index (χ0n) is 15.5. The lowest BCUT2D eigenvalue weighted by atomic mass is 9.90. The molecule has 2 aliphatic heterocycles. The molecule has 24 heavy (non-hydrogen) atoms. The van der Waals surface area contributed by atoms with Gasteiger partial charge in [0, 0.05) is 25.7 Å². The highest BCUT2D eigenvalue weighted by Crippen LogP contribution is 2.30. The number of nitrogens with one attached hydrogen (secondary N) is 1. The summed E-state index contributed by atoms with van der Waals surface area (Å²) in [7, 11) is 0. The highest BCUT2D eigenvalue weighted by atomic mass is 16.4. The molecule has 2 amide bonds. The molecule has 0 radical (unpaired) electrons. The van der Waals surface area contributed by atoms with Crippen molar-refractivity contribution in [1.82, 2.24) is 15.1 Å². The third-order valence-corrected chi connectivity index (χ3v) is 5.80. The van der Waals surface area contributed by atoms with Crippen molar-refractivity contribution >= 4 is 12.0 Å². The first-order valence-electron chi connectivity index (χ1n) is 9.23. The van der Waals surface area contributed by atoms with E-state index in [0.717, 1.165) is 19.0 Å². The molecule has 6 nitrogen and oxygen atoms in total. The van der Waals surface area contributed by atoms with Crippen LogP contribution in [0.3, 0.4) is 0 Å². The van der Waals surface area contributed by atoms with Gasteiger partial charge in [-0.05, 0) is 51.1 Å². The minimum atomic E-state index is -0.819. The topological polar surface area (TPSA) is 72.9 Å². The van der Waals surface area contributed by atoms with Crippen molar-refractivity contribution in [2.45, 2.75) is 53.0 Å². The van der Waals surface area contributed by atoms with Crippen molar-refractivity contribution in [3.8, 4) is 0 Å². The molecule has 6 heteroatoms. The fourth-order valence-corrected chi connectivity index (χ4v) is 3.76. The molecule has 0 aromatic carbocycles. The number of aliphatic carboxylic acids is 1. The maximum Gasteiger partial charge on any atom is 0.317 e. The Balaban J connectivity index is 1.86. The Labute approximate surface area is 145 Å². The molecule has 0 aromatic rings. The second kappa shape index (κ2) is 7.72. The van der Waals surface area contributed by atoms with E-state index < -0.39 is 11.4 Å². The number of hydrogen-bond donors (Lipinski definition) is 2. The van der Waals surface area contributed by atoms with E-state index in [1.807, 2.05) is 0 Å². The van der Waals surface area contributed by atoms with Gasteiger partial charge in [-0.2, -0.15) is 0 Å². The summed E-state index contributed by atoms with van der Waals surface area (Å²) >= 11 is 0. The van der Waals surface area contributed by atoms with Crippen LogP contribution in [0.4, 0.5) is 4.79 Å². The normalized spacial score (nSPS) is 27.5. The number of nitrogens with zero attached hydrogens (tertiary/aromatic N) is 2. The minimum absolute atomic E-state index is 0.129. The molecule has 0 saturated carbocycles. The van der Waals surface area contributed by atoms with Crippen LogP contribution in [0.2, 0.25) is 0 Å². The van der Waals surface area contributed by atoms with Gasteiger partial charge in [-0.15, -0.1) is 0 Å². The number of urea groups is 1. The third kappa shape index (κ3) is 4.41. The predicted molar refractivity (Wildman–Crippen MR) is 93.9 cm³/mol. The van der Waals surface area contributed by atoms with Crippen LogP contribution in [-0.2, 0) is 4.79 Å². The van der Waals surface area contributed by atoms with Crippen LogP contribution >= 0.6 is 0 Å². The molecule has 2 fully saturated rings. The summed E-state index contributed by atoms with van der Waals surface area (Å²) in [5, 5.41) is 12.3. The van der Waals surface area contributed by atoms with Crippen LogP contribution in [0.1, 0.15) is 47.0 Å². The molecule has 0 aliphatic carbocycles. The van der Waals surface area contributed by atoms with Crippen LogP contribution in [0.15, 0.2) is 0 Å². The Kier molecular flexibility index (Phi) is 6.12. The number of piperidine rings is 1. The summed E-state index contributed by atoms with van der Waals surface area (Å²) in [4.78, 5) is 27.9. The van der Waals surface area contributed by atoms with Gasteiger partial charge in [0.25, 0.3) is 0 Å². The summed E-state index contributed by atoms with van der Waals surface area (Å²) in [6, 6.07) is 0.214. The van der Waals surface area contributed by atoms with Gasteiger partial charge in [-0.1, -0.05) is 20.8 Å². The molecule has 138 valence electrons. The van der Waals surface area contributed by atoms with Gasteiger partial charge in [0.15, 0.2) is 0 Å². The zero-order valence-corrected chi connectivity index (χ0v) is 15.5. The highest BCUT2D eigenvalue weighted by molar-refractivity contribution is 5.79. The van der Waals surface area contributed by atoms with Crippen molar-refractivity contribution in [2.75, 3.05) is 32.7 Å². The first kappa shape index (κ1) is 19.0. The molecule has 0 aromatic heterocycles. The van der Waals surface area contributed by atoms with E-state index >= 15 is 0 Å². The highest BCUT2D eigenvalue weighted by Gasteiger charge is 2.42. The molecule has 2 N–H and O–H groups in total. The monoisotopic (exact) mass is 339 g/mol. The van der Waals surface area contributed by atoms with Gasteiger partial charge in [-0.25, -0.2) is 4.79 Å². The molecule has 2 saturated heterocycles. The average molecular weight is 339 g/mol. The fourth-order valence-electron chi connectivity index (χ4n) is 3.76. The van der Waals surface area contributed by atoms with E-state index in [1.54, 1.807) is 11.8 Å². The number of carboxylic acids is 1. The van der Waals surface area contributed by atoms with Crippen LogP contribution < -0.4 is 5.32 Å². The smallest absolute Gasteiger partial charge is 0.317 e. The van der Waals surface area contributed by atoms with Gasteiger partial charge in [-0.3, -0.25) is 9.69 Å². The number of carbonyl (C=O) groups is 2. The lowest BCUT2D eigenvalue weighted by Crippen LogP contribution is -2.51. The third-order valence-electron chi connectivity index (χ3n) is 5.80. The van der Waals surface area contributed by atoms with E-state index in [9.17, 15) is 14.7 Å². The fraction of sp³-hybridized carbons (Fsp3) is 0.889. The first-order chi connectivity index (χ1) is 11.2. The quantitative estimate of drug-likeness (QED) is 0.806. The number of amides is 2. The number of likely N-dealkylation sites (tertiary alicyclic amines) is 2. The maximum absolute atomic E-state index is 12.4. The lowest BCUT2D eigenvalue weighted by Gasteiger charge is -2.39.